The lowest BCUT2D eigenvalue weighted by Crippen LogP contribution is -2.21. The van der Waals surface area contributed by atoms with Crippen molar-refractivity contribution in [3.8, 4) is 0 Å². The van der Waals surface area contributed by atoms with E-state index in [0.29, 0.717) is 5.92 Å². The molecule has 0 spiro atoms. The Hall–Kier alpha value is -1.26. The van der Waals surface area contributed by atoms with Crippen LogP contribution in [0.1, 0.15) is 26.2 Å². The molecule has 2 atom stereocenters. The molecule has 2 N–H and O–H groups in total. The molecular formula is C15H24N4. The third-order valence-electron chi connectivity index (χ3n) is 3.57. The van der Waals surface area contributed by atoms with E-state index in [0.717, 1.165) is 31.5 Å². The third-order valence-corrected chi connectivity index (χ3v) is 3.57. The first kappa shape index (κ1) is 14.2. The van der Waals surface area contributed by atoms with Crippen molar-refractivity contribution in [3.63, 3.8) is 0 Å². The number of nitrogens with two attached hydrogens (primary N) is 1. The summed E-state index contributed by atoms with van der Waals surface area (Å²) in [6.07, 6.45) is 9.62. The third kappa shape index (κ3) is 3.61. The SMILES string of the molecule is CCC1=CCC(C2=CCC(N)N=N2)C=C1CN(C)C. The minimum atomic E-state index is -0.153. The molecule has 104 valence electrons. The summed E-state index contributed by atoms with van der Waals surface area (Å²) in [7, 11) is 4.21. The van der Waals surface area contributed by atoms with E-state index < -0.39 is 0 Å². The van der Waals surface area contributed by atoms with E-state index in [1.165, 1.54) is 11.1 Å². The second kappa shape index (κ2) is 6.26. The largest absolute Gasteiger partial charge is 0.308 e. The fraction of sp³-hybridized carbons (Fsp3) is 0.600. The van der Waals surface area contributed by atoms with Crippen molar-refractivity contribution >= 4 is 0 Å². The van der Waals surface area contributed by atoms with E-state index >= 15 is 0 Å². The molecule has 0 saturated heterocycles. The Morgan fingerprint density at radius 1 is 1.26 bits per heavy atom. The summed E-state index contributed by atoms with van der Waals surface area (Å²) in [6, 6.07) is 0. The fourth-order valence-electron chi connectivity index (χ4n) is 2.59. The van der Waals surface area contributed by atoms with Crippen LogP contribution >= 0.6 is 0 Å². The van der Waals surface area contributed by atoms with Crippen LogP contribution in [0.2, 0.25) is 0 Å². The van der Waals surface area contributed by atoms with Gasteiger partial charge in [0.25, 0.3) is 0 Å². The Bertz CT molecular complexity index is 443. The van der Waals surface area contributed by atoms with E-state index in [2.05, 4.69) is 54.4 Å². The lowest BCUT2D eigenvalue weighted by atomic mass is 9.86. The normalized spacial score (nSPS) is 27.1. The predicted octanol–water partition coefficient (Wildman–Crippen LogP) is 2.86. The van der Waals surface area contributed by atoms with Gasteiger partial charge < -0.3 is 10.6 Å². The Morgan fingerprint density at radius 2 is 2.05 bits per heavy atom. The zero-order chi connectivity index (χ0) is 13.8. The summed E-state index contributed by atoms with van der Waals surface area (Å²) in [5.41, 5.74) is 9.69. The smallest absolute Gasteiger partial charge is 0.122 e. The van der Waals surface area contributed by atoms with Gasteiger partial charge in [0.1, 0.15) is 6.17 Å². The van der Waals surface area contributed by atoms with Crippen molar-refractivity contribution in [2.75, 3.05) is 20.6 Å². The molecule has 0 amide bonds. The number of hydrogen-bond acceptors (Lipinski definition) is 4. The van der Waals surface area contributed by atoms with E-state index in [1.807, 2.05) is 0 Å². The second-order valence-electron chi connectivity index (χ2n) is 5.50. The summed E-state index contributed by atoms with van der Waals surface area (Å²) >= 11 is 0. The predicted molar refractivity (Wildman–Crippen MR) is 78.6 cm³/mol. The molecule has 1 heterocycles. The molecule has 4 heteroatoms. The van der Waals surface area contributed by atoms with Crippen LogP contribution in [0.5, 0.6) is 0 Å². The molecule has 0 bridgehead atoms. The first-order chi connectivity index (χ1) is 9.10. The zero-order valence-electron chi connectivity index (χ0n) is 12.1. The Balaban J connectivity index is 2.14. The van der Waals surface area contributed by atoms with Crippen LogP contribution in [0.25, 0.3) is 0 Å². The monoisotopic (exact) mass is 260 g/mol. The molecule has 2 unspecified atom stereocenters. The van der Waals surface area contributed by atoms with Crippen LogP contribution in [0.4, 0.5) is 0 Å². The van der Waals surface area contributed by atoms with Crippen LogP contribution in [-0.4, -0.2) is 31.7 Å². The summed E-state index contributed by atoms with van der Waals surface area (Å²) < 4.78 is 0. The van der Waals surface area contributed by atoms with Crippen LogP contribution in [0, 0.1) is 5.92 Å². The maximum atomic E-state index is 5.72. The van der Waals surface area contributed by atoms with Gasteiger partial charge in [0.05, 0.1) is 5.70 Å². The van der Waals surface area contributed by atoms with Gasteiger partial charge in [-0.1, -0.05) is 25.2 Å². The molecular weight excluding hydrogens is 236 g/mol. The molecule has 0 radical (unpaired) electrons. The Morgan fingerprint density at radius 3 is 2.63 bits per heavy atom. The molecule has 2 rings (SSSR count). The number of nitrogens with zero attached hydrogens (tertiary/aromatic N) is 3. The first-order valence-electron chi connectivity index (χ1n) is 7.01. The van der Waals surface area contributed by atoms with Gasteiger partial charge >= 0.3 is 0 Å². The van der Waals surface area contributed by atoms with Crippen molar-refractivity contribution < 1.29 is 0 Å². The highest BCUT2D eigenvalue weighted by Gasteiger charge is 2.20. The van der Waals surface area contributed by atoms with E-state index in [-0.39, 0.29) is 6.17 Å². The van der Waals surface area contributed by atoms with Crippen molar-refractivity contribution in [3.05, 3.63) is 35.1 Å². The molecule has 4 nitrogen and oxygen atoms in total. The maximum absolute atomic E-state index is 5.72. The Labute approximate surface area is 115 Å². The van der Waals surface area contributed by atoms with Gasteiger partial charge in [-0.3, -0.25) is 0 Å². The van der Waals surface area contributed by atoms with Crippen LogP contribution in [0.15, 0.2) is 45.3 Å². The van der Waals surface area contributed by atoms with Crippen molar-refractivity contribution in [1.82, 2.24) is 4.90 Å². The lowest BCUT2D eigenvalue weighted by Gasteiger charge is -2.24. The number of likely N-dealkylation sites (N-methyl/N-ethyl adjacent to an activating group) is 1. The van der Waals surface area contributed by atoms with E-state index in [4.69, 9.17) is 5.73 Å². The van der Waals surface area contributed by atoms with Gasteiger partial charge in [0.15, 0.2) is 0 Å². The highest BCUT2D eigenvalue weighted by molar-refractivity contribution is 5.38. The van der Waals surface area contributed by atoms with Gasteiger partial charge in [0.2, 0.25) is 0 Å². The second-order valence-corrected chi connectivity index (χ2v) is 5.50. The topological polar surface area (TPSA) is 54.0 Å². The molecule has 0 aromatic carbocycles. The van der Waals surface area contributed by atoms with E-state index in [1.54, 1.807) is 0 Å². The van der Waals surface area contributed by atoms with Crippen LogP contribution < -0.4 is 5.73 Å². The maximum Gasteiger partial charge on any atom is 0.122 e. The van der Waals surface area contributed by atoms with Gasteiger partial charge in [-0.05, 0) is 38.1 Å². The molecule has 0 aromatic rings. The number of azo groups is 1. The fourth-order valence-corrected chi connectivity index (χ4v) is 2.59. The van der Waals surface area contributed by atoms with Gasteiger partial charge in [-0.15, -0.1) is 0 Å². The van der Waals surface area contributed by atoms with Crippen molar-refractivity contribution in [2.45, 2.75) is 32.4 Å². The van der Waals surface area contributed by atoms with Gasteiger partial charge in [-0.25, -0.2) is 0 Å². The summed E-state index contributed by atoms with van der Waals surface area (Å²) in [4.78, 5) is 2.21. The molecule has 1 aliphatic heterocycles. The Kier molecular flexibility index (Phi) is 4.66. The quantitative estimate of drug-likeness (QED) is 0.845. The minimum Gasteiger partial charge on any atom is -0.308 e. The zero-order valence-corrected chi connectivity index (χ0v) is 12.1. The average molecular weight is 260 g/mol. The minimum absolute atomic E-state index is 0.153. The number of allylic oxidation sites excluding steroid dienone is 2. The van der Waals surface area contributed by atoms with Gasteiger partial charge in [0, 0.05) is 18.9 Å². The summed E-state index contributed by atoms with van der Waals surface area (Å²) in [6.45, 7) is 3.20. The first-order valence-corrected chi connectivity index (χ1v) is 7.01. The number of rotatable bonds is 4. The molecule has 0 saturated carbocycles. The molecule has 0 fully saturated rings. The highest BCUT2D eigenvalue weighted by Crippen LogP contribution is 2.31. The van der Waals surface area contributed by atoms with Crippen LogP contribution in [-0.2, 0) is 0 Å². The lowest BCUT2D eigenvalue weighted by molar-refractivity contribution is 0.443. The highest BCUT2D eigenvalue weighted by atomic mass is 15.2. The van der Waals surface area contributed by atoms with E-state index in [9.17, 15) is 0 Å². The summed E-state index contributed by atoms with van der Waals surface area (Å²) in [5, 5.41) is 8.36. The molecule has 0 aromatic heterocycles. The molecule has 1 aliphatic carbocycles. The van der Waals surface area contributed by atoms with Crippen LogP contribution in [0.3, 0.4) is 0 Å². The summed E-state index contributed by atoms with van der Waals surface area (Å²) in [5.74, 6) is 0.362. The average Bonchev–Trinajstić information content (AvgIpc) is 2.39. The standard InChI is InChI=1S/C15H24N4/c1-4-11-5-6-12(9-13(11)10-19(2)3)14-7-8-15(16)18-17-14/h5,7,9,12,15H,4,6,8,10,16H2,1-3H3. The van der Waals surface area contributed by atoms with Gasteiger partial charge in [-0.2, -0.15) is 10.2 Å². The molecule has 19 heavy (non-hydrogen) atoms. The number of hydrogen-bond donors (Lipinski definition) is 1. The van der Waals surface area contributed by atoms with Crippen molar-refractivity contribution in [1.29, 1.82) is 0 Å². The van der Waals surface area contributed by atoms with Crippen molar-refractivity contribution in [2.24, 2.45) is 21.9 Å². The molecule has 2 aliphatic rings.